The molecule has 0 aliphatic heterocycles. The second kappa shape index (κ2) is 7.35. The summed E-state index contributed by atoms with van der Waals surface area (Å²) in [7, 11) is 0. The van der Waals surface area contributed by atoms with Gasteiger partial charge in [-0.1, -0.05) is 45.2 Å². The van der Waals surface area contributed by atoms with Gasteiger partial charge in [0.2, 0.25) is 0 Å². The summed E-state index contributed by atoms with van der Waals surface area (Å²) in [5.41, 5.74) is 0. The van der Waals surface area contributed by atoms with Gasteiger partial charge >= 0.3 is 0 Å². The molecule has 0 aromatic heterocycles. The summed E-state index contributed by atoms with van der Waals surface area (Å²) in [6.45, 7) is 3.76. The number of hydrogen-bond acceptors (Lipinski definition) is 0. The molecular formula is C7H14S. The molecule has 0 heterocycles. The molecule has 0 aromatic carbocycles. The van der Waals surface area contributed by atoms with E-state index in [2.05, 4.69) is 6.92 Å². The smallest absolute Gasteiger partial charge is 0.00369 e. The van der Waals surface area contributed by atoms with Gasteiger partial charge in [0.25, 0.3) is 0 Å². The van der Waals surface area contributed by atoms with Crippen molar-refractivity contribution in [2.75, 3.05) is 5.75 Å². The van der Waals surface area contributed by atoms with Crippen molar-refractivity contribution < 1.29 is 0 Å². The van der Waals surface area contributed by atoms with Crippen LogP contribution in [0.15, 0.2) is 0 Å². The Bertz CT molecular complexity index is 29.4. The predicted octanol–water partition coefficient (Wildman–Crippen LogP) is 2.97. The maximum absolute atomic E-state index is 4.79. The molecule has 48 valence electrons. The fraction of sp³-hybridized carbons (Fsp3) is 0.857. The molecule has 0 spiro atoms. The van der Waals surface area contributed by atoms with Gasteiger partial charge in [0.05, 0.1) is 0 Å². The summed E-state index contributed by atoms with van der Waals surface area (Å²) >= 11 is 4.79. The van der Waals surface area contributed by atoms with Crippen LogP contribution in [0, 0.1) is 6.92 Å². The average molecular weight is 130 g/mol. The fourth-order valence-electron chi connectivity index (χ4n) is 0.632. The van der Waals surface area contributed by atoms with E-state index >= 15 is 0 Å². The largest absolute Gasteiger partial charge is 0.0942 e. The molecule has 0 rings (SSSR count). The lowest BCUT2D eigenvalue weighted by molar-refractivity contribution is 0.678. The Balaban J connectivity index is 2.53. The average Bonchev–Trinajstić information content (AvgIpc) is 1.81. The van der Waals surface area contributed by atoms with E-state index in [1.807, 2.05) is 0 Å². The molecule has 0 aliphatic rings. The summed E-state index contributed by atoms with van der Waals surface area (Å²) < 4.78 is 0. The molecule has 8 heavy (non-hydrogen) atoms. The van der Waals surface area contributed by atoms with Crippen LogP contribution in [0.3, 0.4) is 0 Å². The lowest BCUT2D eigenvalue weighted by Crippen LogP contribution is -1.76. The van der Waals surface area contributed by atoms with Gasteiger partial charge in [-0.3, -0.25) is 0 Å². The first-order valence-electron chi connectivity index (χ1n) is 3.29. The molecule has 0 amide bonds. The Morgan fingerprint density at radius 1 is 1.00 bits per heavy atom. The highest BCUT2D eigenvalue weighted by atomic mass is 32.1. The summed E-state index contributed by atoms with van der Waals surface area (Å²) in [6, 6.07) is 0. The van der Waals surface area contributed by atoms with Crippen molar-refractivity contribution in [2.45, 2.75) is 32.1 Å². The minimum atomic E-state index is 0.928. The molecule has 0 nitrogen and oxygen atoms in total. The first-order valence-corrected chi connectivity index (χ1v) is 3.87. The second-order valence-electron chi connectivity index (χ2n) is 1.97. The molecule has 0 bridgehead atoms. The number of unbranched alkanes of at least 4 members (excludes halogenated alkanes) is 4. The minimum absolute atomic E-state index is 0.928. The van der Waals surface area contributed by atoms with Gasteiger partial charge < -0.3 is 0 Å². The Labute approximate surface area is 58.1 Å². The Morgan fingerprint density at radius 3 is 2.12 bits per heavy atom. The minimum Gasteiger partial charge on any atom is -0.0942 e. The van der Waals surface area contributed by atoms with E-state index in [-0.39, 0.29) is 0 Å². The van der Waals surface area contributed by atoms with E-state index in [1.165, 1.54) is 25.7 Å². The van der Waals surface area contributed by atoms with Crippen LogP contribution in [0.1, 0.15) is 32.1 Å². The highest BCUT2D eigenvalue weighted by Crippen LogP contribution is 2.01. The van der Waals surface area contributed by atoms with E-state index in [1.54, 1.807) is 0 Å². The summed E-state index contributed by atoms with van der Waals surface area (Å²) in [4.78, 5) is 0. The van der Waals surface area contributed by atoms with Crippen LogP contribution in [0.25, 0.3) is 0 Å². The van der Waals surface area contributed by atoms with E-state index in [4.69, 9.17) is 12.6 Å². The van der Waals surface area contributed by atoms with Gasteiger partial charge in [-0.2, -0.15) is 0 Å². The fourth-order valence-corrected chi connectivity index (χ4v) is 0.837. The quantitative estimate of drug-likeness (QED) is 0.502. The molecule has 1 heteroatoms. The van der Waals surface area contributed by atoms with Crippen molar-refractivity contribution in [2.24, 2.45) is 0 Å². The first kappa shape index (κ1) is 8.35. The highest BCUT2D eigenvalue weighted by molar-refractivity contribution is 7.80. The molecule has 0 unspecified atom stereocenters. The van der Waals surface area contributed by atoms with Crippen LogP contribution in [-0.2, 0) is 0 Å². The molecule has 0 saturated heterocycles. The van der Waals surface area contributed by atoms with Crippen molar-refractivity contribution in [3.63, 3.8) is 0 Å². The number of hydrogen-bond donors (Lipinski definition) is 0. The summed E-state index contributed by atoms with van der Waals surface area (Å²) in [5.74, 6) is 0.928. The molecule has 0 N–H and O–H groups in total. The van der Waals surface area contributed by atoms with E-state index in [0.717, 1.165) is 12.2 Å². The van der Waals surface area contributed by atoms with Gasteiger partial charge in [-0.15, -0.1) is 0 Å². The van der Waals surface area contributed by atoms with E-state index in [9.17, 15) is 0 Å². The zero-order valence-corrected chi connectivity index (χ0v) is 6.17. The van der Waals surface area contributed by atoms with Crippen molar-refractivity contribution in [1.82, 2.24) is 0 Å². The van der Waals surface area contributed by atoms with Gasteiger partial charge in [0.1, 0.15) is 0 Å². The molecular weight excluding hydrogens is 116 g/mol. The van der Waals surface area contributed by atoms with Crippen molar-refractivity contribution in [3.8, 4) is 0 Å². The number of rotatable bonds is 5. The lowest BCUT2D eigenvalue weighted by atomic mass is 10.2. The zero-order chi connectivity index (χ0) is 6.24. The zero-order valence-electron chi connectivity index (χ0n) is 5.36. The third-order valence-corrected chi connectivity index (χ3v) is 1.43. The topological polar surface area (TPSA) is 0 Å². The van der Waals surface area contributed by atoms with Crippen LogP contribution < -0.4 is 0 Å². The normalized spacial score (nSPS) is 9.75. The van der Waals surface area contributed by atoms with Crippen molar-refractivity contribution in [3.05, 3.63) is 6.92 Å². The Morgan fingerprint density at radius 2 is 1.62 bits per heavy atom. The van der Waals surface area contributed by atoms with Crippen molar-refractivity contribution in [1.29, 1.82) is 0 Å². The van der Waals surface area contributed by atoms with Crippen LogP contribution in [0.4, 0.5) is 0 Å². The standard InChI is InChI=1S/C7H14S/c1-2-3-4-5-6-7-8/h1-7H2. The molecule has 0 atom stereocenters. The summed E-state index contributed by atoms with van der Waals surface area (Å²) in [5, 5.41) is 0. The molecule has 0 aliphatic carbocycles. The molecule has 0 fully saturated rings. The SMILES string of the molecule is [CH2]CCCCCC[S]. The third kappa shape index (κ3) is 6.35. The third-order valence-electron chi connectivity index (χ3n) is 1.14. The monoisotopic (exact) mass is 130 g/mol. The molecule has 2 radical (unpaired) electrons. The first-order chi connectivity index (χ1) is 3.91. The van der Waals surface area contributed by atoms with Crippen LogP contribution in [0.5, 0.6) is 0 Å². The van der Waals surface area contributed by atoms with Crippen LogP contribution in [-0.4, -0.2) is 5.75 Å². The van der Waals surface area contributed by atoms with Crippen LogP contribution >= 0.6 is 12.6 Å². The van der Waals surface area contributed by atoms with Gasteiger partial charge in [0, 0.05) is 5.75 Å². The Kier molecular flexibility index (Phi) is 7.67. The maximum atomic E-state index is 4.79. The van der Waals surface area contributed by atoms with Crippen LogP contribution in [0.2, 0.25) is 0 Å². The Hall–Kier alpha value is 0.350. The molecule has 0 saturated carbocycles. The maximum Gasteiger partial charge on any atom is 0.00369 e. The van der Waals surface area contributed by atoms with Gasteiger partial charge in [0.15, 0.2) is 0 Å². The predicted molar refractivity (Wildman–Crippen MR) is 40.9 cm³/mol. The molecule has 0 aromatic rings. The van der Waals surface area contributed by atoms with Gasteiger partial charge in [-0.05, 0) is 6.42 Å². The lowest BCUT2D eigenvalue weighted by Gasteiger charge is -1.93. The van der Waals surface area contributed by atoms with Crippen molar-refractivity contribution >= 4 is 12.6 Å². The van der Waals surface area contributed by atoms with E-state index in [0.29, 0.717) is 0 Å². The van der Waals surface area contributed by atoms with Gasteiger partial charge in [-0.25, -0.2) is 0 Å². The second-order valence-corrected chi connectivity index (χ2v) is 2.38. The highest BCUT2D eigenvalue weighted by Gasteiger charge is 1.84. The van der Waals surface area contributed by atoms with E-state index < -0.39 is 0 Å². The summed E-state index contributed by atoms with van der Waals surface area (Å²) in [6.07, 6.45) is 6.20.